The Morgan fingerprint density at radius 3 is 2.57 bits per heavy atom. The smallest absolute Gasteiger partial charge is 0.408 e. The van der Waals surface area contributed by atoms with Gasteiger partial charge < -0.3 is 20.7 Å². The van der Waals surface area contributed by atoms with E-state index < -0.39 is 11.7 Å². The Kier molecular flexibility index (Phi) is 7.02. The van der Waals surface area contributed by atoms with Gasteiger partial charge in [-0.1, -0.05) is 12.1 Å². The van der Waals surface area contributed by atoms with Crippen LogP contribution in [0.4, 0.5) is 10.5 Å². The van der Waals surface area contributed by atoms with Crippen LogP contribution in [0, 0.1) is 0 Å². The molecule has 2 rings (SSSR count). The number of hydrogen-bond donors (Lipinski definition) is 3. The molecule has 0 saturated heterocycles. The molecule has 9 nitrogen and oxygen atoms in total. The van der Waals surface area contributed by atoms with Gasteiger partial charge in [-0.15, -0.1) is 0 Å². The number of carbonyl (C=O) groups is 3. The molecule has 3 N–H and O–H groups in total. The maximum absolute atomic E-state index is 12.1. The third-order valence-corrected chi connectivity index (χ3v) is 3.26. The maximum atomic E-state index is 12.1. The van der Waals surface area contributed by atoms with Crippen LogP contribution in [0.2, 0.25) is 0 Å². The lowest BCUT2D eigenvalue weighted by atomic mass is 10.2. The molecular formula is C19H23N5O4. The number of nitrogens with zero attached hydrogens (tertiary/aromatic N) is 2. The summed E-state index contributed by atoms with van der Waals surface area (Å²) in [7, 11) is 0. The van der Waals surface area contributed by atoms with E-state index in [1.54, 1.807) is 45.0 Å². The summed E-state index contributed by atoms with van der Waals surface area (Å²) in [4.78, 5) is 43.3. The van der Waals surface area contributed by atoms with Crippen LogP contribution >= 0.6 is 0 Å². The van der Waals surface area contributed by atoms with Crippen molar-refractivity contribution in [2.24, 2.45) is 0 Å². The maximum Gasteiger partial charge on any atom is 0.408 e. The fourth-order valence-corrected chi connectivity index (χ4v) is 2.10. The monoisotopic (exact) mass is 385 g/mol. The van der Waals surface area contributed by atoms with Crippen molar-refractivity contribution in [1.82, 2.24) is 20.6 Å². The van der Waals surface area contributed by atoms with Crippen molar-refractivity contribution in [3.8, 4) is 0 Å². The summed E-state index contributed by atoms with van der Waals surface area (Å²) >= 11 is 0. The first-order valence-electron chi connectivity index (χ1n) is 8.63. The molecule has 1 heterocycles. The second-order valence-electron chi connectivity index (χ2n) is 6.88. The molecular weight excluding hydrogens is 362 g/mol. The number of ether oxygens (including phenoxy) is 1. The Morgan fingerprint density at radius 1 is 1.11 bits per heavy atom. The van der Waals surface area contributed by atoms with Crippen molar-refractivity contribution in [2.75, 3.05) is 11.9 Å². The zero-order valence-electron chi connectivity index (χ0n) is 16.0. The highest BCUT2D eigenvalue weighted by atomic mass is 16.6. The van der Waals surface area contributed by atoms with Crippen molar-refractivity contribution in [3.63, 3.8) is 0 Å². The number of alkyl carbamates (subject to hydrolysis) is 1. The number of amides is 3. The topological polar surface area (TPSA) is 122 Å². The van der Waals surface area contributed by atoms with E-state index >= 15 is 0 Å². The molecule has 1 aromatic carbocycles. The van der Waals surface area contributed by atoms with Crippen LogP contribution in [0.15, 0.2) is 42.9 Å². The minimum absolute atomic E-state index is 0.196. The number of carbonyl (C=O) groups excluding carboxylic acids is 3. The summed E-state index contributed by atoms with van der Waals surface area (Å²) in [6.07, 6.45) is 3.64. The van der Waals surface area contributed by atoms with Crippen LogP contribution in [-0.2, 0) is 16.1 Å². The number of aromatic nitrogens is 2. The number of benzene rings is 1. The molecule has 2 aromatic rings. The molecule has 1 aromatic heterocycles. The number of anilines is 1. The van der Waals surface area contributed by atoms with E-state index in [1.807, 2.05) is 0 Å². The minimum atomic E-state index is -0.656. The number of nitrogens with one attached hydrogen (secondary N) is 3. The van der Waals surface area contributed by atoms with Crippen molar-refractivity contribution in [2.45, 2.75) is 32.9 Å². The minimum Gasteiger partial charge on any atom is -0.444 e. The molecule has 0 bridgehead atoms. The molecule has 0 fully saturated rings. The van der Waals surface area contributed by atoms with E-state index in [1.165, 1.54) is 18.6 Å². The van der Waals surface area contributed by atoms with E-state index in [0.717, 1.165) is 5.56 Å². The van der Waals surface area contributed by atoms with Crippen molar-refractivity contribution in [1.29, 1.82) is 0 Å². The summed E-state index contributed by atoms with van der Waals surface area (Å²) in [5.74, 6) is -0.740. The van der Waals surface area contributed by atoms with E-state index in [-0.39, 0.29) is 30.6 Å². The Hall–Kier alpha value is -3.49. The second kappa shape index (κ2) is 9.45. The van der Waals surface area contributed by atoms with E-state index in [4.69, 9.17) is 4.74 Å². The zero-order valence-corrected chi connectivity index (χ0v) is 16.0. The van der Waals surface area contributed by atoms with Gasteiger partial charge in [0.2, 0.25) is 5.91 Å². The molecule has 0 radical (unpaired) electrons. The Morgan fingerprint density at radius 2 is 1.89 bits per heavy atom. The summed E-state index contributed by atoms with van der Waals surface area (Å²) in [5, 5.41) is 7.79. The Bertz CT molecular complexity index is 834. The molecule has 0 unspecified atom stereocenters. The van der Waals surface area contributed by atoms with Gasteiger partial charge in [-0.25, -0.2) is 9.78 Å². The van der Waals surface area contributed by atoms with E-state index in [9.17, 15) is 14.4 Å². The van der Waals surface area contributed by atoms with Crippen LogP contribution in [0.1, 0.15) is 36.8 Å². The van der Waals surface area contributed by atoms with Gasteiger partial charge >= 0.3 is 6.09 Å². The highest BCUT2D eigenvalue weighted by Gasteiger charge is 2.16. The number of hydrogen-bond acceptors (Lipinski definition) is 6. The van der Waals surface area contributed by atoms with Crippen LogP contribution in [-0.4, -0.2) is 40.0 Å². The van der Waals surface area contributed by atoms with E-state index in [0.29, 0.717) is 5.69 Å². The van der Waals surface area contributed by atoms with Crippen LogP contribution < -0.4 is 16.0 Å². The predicted molar refractivity (Wildman–Crippen MR) is 103 cm³/mol. The SMILES string of the molecule is CC(C)(C)OC(=O)NCC(=O)NCc1cccc(NC(=O)c2cnccn2)c1. The lowest BCUT2D eigenvalue weighted by molar-refractivity contribution is -0.120. The first-order valence-corrected chi connectivity index (χ1v) is 8.63. The summed E-state index contributed by atoms with van der Waals surface area (Å²) in [5.41, 5.74) is 0.919. The number of rotatable bonds is 6. The van der Waals surface area contributed by atoms with Crippen molar-refractivity contribution < 1.29 is 19.1 Å². The van der Waals surface area contributed by atoms with Crippen molar-refractivity contribution in [3.05, 3.63) is 54.1 Å². The molecule has 0 aliphatic carbocycles. The van der Waals surface area contributed by atoms with Gasteiger partial charge in [-0.3, -0.25) is 14.6 Å². The molecule has 3 amide bonds. The molecule has 28 heavy (non-hydrogen) atoms. The molecule has 148 valence electrons. The van der Waals surface area contributed by atoms with Crippen LogP contribution in [0.3, 0.4) is 0 Å². The normalized spacial score (nSPS) is 10.7. The van der Waals surface area contributed by atoms with Crippen LogP contribution in [0.5, 0.6) is 0 Å². The quantitative estimate of drug-likeness (QED) is 0.698. The first kappa shape index (κ1) is 20.8. The van der Waals surface area contributed by atoms with Gasteiger partial charge in [0.25, 0.3) is 5.91 Å². The first-order chi connectivity index (χ1) is 13.2. The summed E-state index contributed by atoms with van der Waals surface area (Å²) < 4.78 is 5.06. The van der Waals surface area contributed by atoms with Gasteiger partial charge in [-0.05, 0) is 38.5 Å². The summed E-state index contributed by atoms with van der Waals surface area (Å²) in [6.45, 7) is 5.26. The predicted octanol–water partition coefficient (Wildman–Crippen LogP) is 1.87. The van der Waals surface area contributed by atoms with Gasteiger partial charge in [0.05, 0.1) is 6.20 Å². The van der Waals surface area contributed by atoms with Gasteiger partial charge in [0, 0.05) is 24.6 Å². The highest BCUT2D eigenvalue weighted by Crippen LogP contribution is 2.11. The Labute approximate surface area is 162 Å². The highest BCUT2D eigenvalue weighted by molar-refractivity contribution is 6.02. The standard InChI is InChI=1S/C19H23N5O4/c1-19(2,3)28-18(27)23-12-16(25)22-10-13-5-4-6-14(9-13)24-17(26)15-11-20-7-8-21-15/h4-9,11H,10,12H2,1-3H3,(H,22,25)(H,23,27)(H,24,26). The zero-order chi connectivity index (χ0) is 20.6. The third kappa shape index (κ3) is 7.40. The third-order valence-electron chi connectivity index (χ3n) is 3.26. The fourth-order valence-electron chi connectivity index (χ4n) is 2.10. The molecule has 0 spiro atoms. The summed E-state index contributed by atoms with van der Waals surface area (Å²) in [6, 6.07) is 7.02. The van der Waals surface area contributed by atoms with Gasteiger partial charge in [-0.2, -0.15) is 0 Å². The molecule has 0 aliphatic rings. The largest absolute Gasteiger partial charge is 0.444 e. The van der Waals surface area contributed by atoms with Gasteiger partial charge in [0.15, 0.2) is 0 Å². The average Bonchev–Trinajstić information content (AvgIpc) is 2.64. The lowest BCUT2D eigenvalue weighted by Crippen LogP contribution is -2.39. The molecule has 9 heteroatoms. The van der Waals surface area contributed by atoms with Crippen LogP contribution in [0.25, 0.3) is 0 Å². The Balaban J connectivity index is 1.81. The molecule has 0 saturated carbocycles. The molecule has 0 atom stereocenters. The van der Waals surface area contributed by atoms with Crippen molar-refractivity contribution >= 4 is 23.6 Å². The second-order valence-corrected chi connectivity index (χ2v) is 6.88. The lowest BCUT2D eigenvalue weighted by Gasteiger charge is -2.19. The van der Waals surface area contributed by atoms with E-state index in [2.05, 4.69) is 25.9 Å². The average molecular weight is 385 g/mol. The van der Waals surface area contributed by atoms with Gasteiger partial charge in [0.1, 0.15) is 17.8 Å². The fraction of sp³-hybridized carbons (Fsp3) is 0.316. The molecule has 0 aliphatic heterocycles.